The van der Waals surface area contributed by atoms with Gasteiger partial charge in [0, 0.05) is 21.3 Å². The van der Waals surface area contributed by atoms with E-state index in [4.69, 9.17) is 9.47 Å². The molecule has 1 unspecified atom stereocenters. The summed E-state index contributed by atoms with van der Waals surface area (Å²) < 4.78 is 10.8. The van der Waals surface area contributed by atoms with Crippen molar-refractivity contribution in [2.45, 2.75) is 5.92 Å². The second-order valence-corrected chi connectivity index (χ2v) is 6.50. The number of hydrogen-bond acceptors (Lipinski definition) is 6. The summed E-state index contributed by atoms with van der Waals surface area (Å²) in [5.74, 6) is -0.698. The van der Waals surface area contributed by atoms with Gasteiger partial charge in [0.25, 0.3) is 0 Å². The number of halogens is 1. The fourth-order valence-electron chi connectivity index (χ4n) is 2.50. The smallest absolute Gasteiger partial charge is 0.336 e. The van der Waals surface area contributed by atoms with Gasteiger partial charge in [-0.15, -0.1) is 0 Å². The summed E-state index contributed by atoms with van der Waals surface area (Å²) in [5.41, 5.74) is 1.50. The van der Waals surface area contributed by atoms with E-state index in [1.807, 2.05) is 0 Å². The maximum absolute atomic E-state index is 12.3. The molecular weight excluding hydrogens is 416 g/mol. The topological polar surface area (TPSA) is 90.7 Å². The van der Waals surface area contributed by atoms with Crippen molar-refractivity contribution in [1.82, 2.24) is 0 Å². The Bertz CT molecular complexity index is 819. The summed E-state index contributed by atoms with van der Waals surface area (Å²) in [6.45, 7) is -0.438. The van der Waals surface area contributed by atoms with Gasteiger partial charge in [-0.1, -0.05) is 28.1 Å². The third-order valence-corrected chi connectivity index (χ3v) is 4.41. The molecule has 0 aromatic heterocycles. The number of carbonyl (C=O) groups is 1. The quantitative estimate of drug-likeness (QED) is 0.292. The minimum atomic E-state index is -0.758. The number of hydrogen-bond donors (Lipinski definition) is 1. The third kappa shape index (κ3) is 5.82. The number of benzene rings is 2. The number of carbonyl (C=O) groups excluding carboxylic acids is 1. The number of nitrogens with one attached hydrogen (secondary N) is 1. The Morgan fingerprint density at radius 1 is 1.19 bits per heavy atom. The molecule has 8 heteroatoms. The second kappa shape index (κ2) is 9.72. The van der Waals surface area contributed by atoms with Crippen molar-refractivity contribution in [2.75, 3.05) is 26.1 Å². The van der Waals surface area contributed by atoms with E-state index < -0.39 is 23.4 Å². The van der Waals surface area contributed by atoms with Crippen LogP contribution in [0.25, 0.3) is 0 Å². The maximum Gasteiger partial charge on any atom is 0.336 e. The molecule has 27 heavy (non-hydrogen) atoms. The van der Waals surface area contributed by atoms with Crippen molar-refractivity contribution in [3.05, 3.63) is 80.5 Å². The minimum absolute atomic E-state index is 0.160. The molecule has 142 valence electrons. The first-order valence-corrected chi connectivity index (χ1v) is 8.80. The number of methoxy groups -OCH3 is 2. The van der Waals surface area contributed by atoms with Crippen LogP contribution in [0.4, 0.5) is 5.69 Å². The van der Waals surface area contributed by atoms with Crippen molar-refractivity contribution < 1.29 is 19.2 Å². The molecule has 2 rings (SSSR count). The van der Waals surface area contributed by atoms with Crippen LogP contribution in [0.5, 0.6) is 5.75 Å². The summed E-state index contributed by atoms with van der Waals surface area (Å²) >= 11 is 3.34. The van der Waals surface area contributed by atoms with E-state index in [-0.39, 0.29) is 5.57 Å². The fraction of sp³-hybridized carbons (Fsp3) is 0.211. The highest BCUT2D eigenvalue weighted by Crippen LogP contribution is 2.27. The average molecular weight is 435 g/mol. The van der Waals surface area contributed by atoms with E-state index in [0.29, 0.717) is 17.0 Å². The van der Waals surface area contributed by atoms with Gasteiger partial charge in [0.1, 0.15) is 5.75 Å². The lowest BCUT2D eigenvalue weighted by molar-refractivity contribution is -0.481. The van der Waals surface area contributed by atoms with Crippen LogP contribution in [0.15, 0.2) is 64.8 Å². The summed E-state index contributed by atoms with van der Waals surface area (Å²) in [5, 5.41) is 14.2. The Labute approximate surface area is 165 Å². The van der Waals surface area contributed by atoms with Crippen molar-refractivity contribution in [2.24, 2.45) is 0 Å². The Hall–Kier alpha value is -2.87. The molecule has 0 aliphatic heterocycles. The van der Waals surface area contributed by atoms with E-state index >= 15 is 0 Å². The Balaban J connectivity index is 2.37. The van der Waals surface area contributed by atoms with Gasteiger partial charge in [-0.05, 0) is 42.0 Å². The lowest BCUT2D eigenvalue weighted by atomic mass is 9.91. The van der Waals surface area contributed by atoms with Crippen molar-refractivity contribution in [1.29, 1.82) is 0 Å². The molecule has 2 aromatic rings. The van der Waals surface area contributed by atoms with Gasteiger partial charge in [-0.2, -0.15) is 0 Å². The number of anilines is 1. The van der Waals surface area contributed by atoms with Gasteiger partial charge in [0.05, 0.1) is 25.7 Å². The molecule has 0 fully saturated rings. The SMILES string of the molecule is COC(=O)/C(=C\Nc1ccc(OC)cc1)C(C[N+](=O)[O-])c1ccc(Br)cc1. The van der Waals surface area contributed by atoms with Crippen LogP contribution in [0.3, 0.4) is 0 Å². The monoisotopic (exact) mass is 434 g/mol. The molecule has 0 aliphatic carbocycles. The van der Waals surface area contributed by atoms with Crippen molar-refractivity contribution in [3.8, 4) is 5.75 Å². The minimum Gasteiger partial charge on any atom is -0.497 e. The first-order valence-electron chi connectivity index (χ1n) is 8.00. The average Bonchev–Trinajstić information content (AvgIpc) is 2.67. The zero-order chi connectivity index (χ0) is 19.8. The molecule has 0 bridgehead atoms. The van der Waals surface area contributed by atoms with Gasteiger partial charge < -0.3 is 14.8 Å². The van der Waals surface area contributed by atoms with Crippen LogP contribution in [0.1, 0.15) is 11.5 Å². The molecule has 7 nitrogen and oxygen atoms in total. The summed E-state index contributed by atoms with van der Waals surface area (Å²) in [4.78, 5) is 23.1. The number of ether oxygens (including phenoxy) is 2. The highest BCUT2D eigenvalue weighted by atomic mass is 79.9. The van der Waals surface area contributed by atoms with Crippen molar-refractivity contribution >= 4 is 27.6 Å². The normalized spacial score (nSPS) is 12.2. The summed E-state index contributed by atoms with van der Waals surface area (Å²) in [6.07, 6.45) is 1.45. The highest BCUT2D eigenvalue weighted by Gasteiger charge is 2.28. The Morgan fingerprint density at radius 2 is 1.81 bits per heavy atom. The molecule has 0 heterocycles. The van der Waals surface area contributed by atoms with E-state index in [1.54, 1.807) is 55.6 Å². The molecule has 1 atom stereocenters. The Morgan fingerprint density at radius 3 is 2.33 bits per heavy atom. The Kier molecular flexibility index (Phi) is 7.36. The molecule has 0 saturated carbocycles. The highest BCUT2D eigenvalue weighted by molar-refractivity contribution is 9.10. The van der Waals surface area contributed by atoms with Crippen LogP contribution >= 0.6 is 15.9 Å². The van der Waals surface area contributed by atoms with E-state index in [1.165, 1.54) is 13.3 Å². The largest absolute Gasteiger partial charge is 0.497 e. The summed E-state index contributed by atoms with van der Waals surface area (Å²) in [7, 11) is 2.81. The first kappa shape index (κ1) is 20.4. The predicted octanol–water partition coefficient (Wildman–Crippen LogP) is 3.99. The van der Waals surface area contributed by atoms with Gasteiger partial charge in [0.2, 0.25) is 6.54 Å². The molecule has 0 radical (unpaired) electrons. The van der Waals surface area contributed by atoms with Gasteiger partial charge in [0.15, 0.2) is 0 Å². The van der Waals surface area contributed by atoms with E-state index in [2.05, 4.69) is 21.2 Å². The zero-order valence-corrected chi connectivity index (χ0v) is 16.4. The predicted molar refractivity (Wildman–Crippen MR) is 105 cm³/mol. The zero-order valence-electron chi connectivity index (χ0n) is 14.8. The lowest BCUT2D eigenvalue weighted by Crippen LogP contribution is -2.21. The standard InChI is InChI=1S/C19H19BrN2O5/c1-26-16-9-7-15(8-10-16)21-11-17(19(23)27-2)18(12-22(24)25)13-3-5-14(20)6-4-13/h3-11,18,21H,12H2,1-2H3/b17-11-. The van der Waals surface area contributed by atoms with Crippen LogP contribution in [0.2, 0.25) is 0 Å². The van der Waals surface area contributed by atoms with Crippen LogP contribution in [-0.4, -0.2) is 31.7 Å². The van der Waals surface area contributed by atoms with Crippen molar-refractivity contribution in [3.63, 3.8) is 0 Å². The fourth-order valence-corrected chi connectivity index (χ4v) is 2.76. The number of nitrogens with zero attached hydrogens (tertiary/aromatic N) is 1. The van der Waals surface area contributed by atoms with Crippen LogP contribution in [-0.2, 0) is 9.53 Å². The number of nitro groups is 1. The molecule has 0 saturated heterocycles. The number of esters is 1. The molecule has 1 N–H and O–H groups in total. The van der Waals surface area contributed by atoms with Crippen LogP contribution < -0.4 is 10.1 Å². The maximum atomic E-state index is 12.3. The van der Waals surface area contributed by atoms with E-state index in [9.17, 15) is 14.9 Å². The lowest BCUT2D eigenvalue weighted by Gasteiger charge is -2.16. The van der Waals surface area contributed by atoms with Crippen LogP contribution in [0, 0.1) is 10.1 Å². The summed E-state index contributed by atoms with van der Waals surface area (Å²) in [6, 6.07) is 14.1. The van der Waals surface area contributed by atoms with E-state index in [0.717, 1.165) is 4.47 Å². The third-order valence-electron chi connectivity index (χ3n) is 3.88. The molecule has 0 amide bonds. The second-order valence-electron chi connectivity index (χ2n) is 5.58. The van der Waals surface area contributed by atoms with Gasteiger partial charge in [-0.3, -0.25) is 10.1 Å². The molecule has 0 aliphatic rings. The first-order chi connectivity index (χ1) is 12.9. The van der Waals surface area contributed by atoms with Gasteiger partial charge >= 0.3 is 5.97 Å². The number of rotatable bonds is 8. The molecule has 0 spiro atoms. The van der Waals surface area contributed by atoms with Gasteiger partial charge in [-0.25, -0.2) is 4.79 Å². The molecular formula is C19H19BrN2O5. The molecule has 2 aromatic carbocycles.